The molecule has 0 amide bonds. The van der Waals surface area contributed by atoms with Gasteiger partial charge in [-0.25, -0.2) is 9.98 Å². The zero-order valence-electron chi connectivity index (χ0n) is 11.1. The predicted octanol–water partition coefficient (Wildman–Crippen LogP) is 1.87. The van der Waals surface area contributed by atoms with E-state index >= 15 is 0 Å². The van der Waals surface area contributed by atoms with Crippen LogP contribution in [-0.4, -0.2) is 31.0 Å². The van der Waals surface area contributed by atoms with E-state index in [2.05, 4.69) is 21.9 Å². The molecular weight excluding hydrogens is 284 g/mol. The van der Waals surface area contributed by atoms with Crippen LogP contribution in [0.2, 0.25) is 0 Å². The highest BCUT2D eigenvalue weighted by atomic mass is 35.5. The lowest BCUT2D eigenvalue weighted by molar-refractivity contribution is 0.333. The Balaban J connectivity index is 2.96. The van der Waals surface area contributed by atoms with Gasteiger partial charge in [0.1, 0.15) is 5.82 Å². The van der Waals surface area contributed by atoms with E-state index in [0.29, 0.717) is 11.4 Å². The largest absolute Gasteiger partial charge is 0.504 e. The molecule has 20 heavy (non-hydrogen) atoms. The quantitative estimate of drug-likeness (QED) is 0.437. The second-order valence-corrected chi connectivity index (χ2v) is 3.80. The van der Waals surface area contributed by atoms with E-state index in [-0.39, 0.29) is 22.6 Å². The van der Waals surface area contributed by atoms with E-state index in [1.54, 1.807) is 6.07 Å². The number of aromatic hydroxyl groups is 1. The Morgan fingerprint density at radius 1 is 1.45 bits per heavy atom. The summed E-state index contributed by atoms with van der Waals surface area (Å²) in [5.41, 5.74) is 5.57. The number of amidine groups is 1. The van der Waals surface area contributed by atoms with Gasteiger partial charge in [-0.05, 0) is 11.6 Å². The smallest absolute Gasteiger partial charge is 0.225 e. The molecule has 0 saturated carbocycles. The molecule has 8 heteroatoms. The number of aliphatic imine (C=N–C) groups is 2. The molecular formula is C12H15ClN4O3. The molecule has 0 heterocycles. The van der Waals surface area contributed by atoms with Crippen molar-refractivity contribution in [3.8, 4) is 17.2 Å². The van der Waals surface area contributed by atoms with Gasteiger partial charge in [0, 0.05) is 17.8 Å². The first-order chi connectivity index (χ1) is 9.51. The molecule has 0 bridgehead atoms. The molecule has 1 rings (SSSR count). The number of nitrogens with zero attached hydrogens (tertiary/aromatic N) is 2. The number of rotatable bonds is 5. The Morgan fingerprint density at radius 2 is 2.15 bits per heavy atom. The minimum Gasteiger partial charge on any atom is -0.504 e. The molecule has 108 valence electrons. The van der Waals surface area contributed by atoms with Crippen molar-refractivity contribution in [1.82, 2.24) is 0 Å². The molecule has 4 N–H and O–H groups in total. The Morgan fingerprint density at radius 3 is 2.70 bits per heavy atom. The van der Waals surface area contributed by atoms with Gasteiger partial charge in [-0.2, -0.15) is 0 Å². The normalized spacial score (nSPS) is 11.4. The summed E-state index contributed by atoms with van der Waals surface area (Å²) in [5.74, 6) is 0.722. The van der Waals surface area contributed by atoms with E-state index in [1.807, 2.05) is 0 Å². The van der Waals surface area contributed by atoms with Gasteiger partial charge in [-0.15, -0.1) is 0 Å². The molecule has 0 spiro atoms. The van der Waals surface area contributed by atoms with Crippen LogP contribution < -0.4 is 20.5 Å². The van der Waals surface area contributed by atoms with Crippen LogP contribution in [0.4, 0.5) is 5.69 Å². The van der Waals surface area contributed by atoms with Crippen molar-refractivity contribution in [3.05, 3.63) is 24.5 Å². The lowest BCUT2D eigenvalue weighted by atomic mass is 10.2. The first-order valence-electron chi connectivity index (χ1n) is 5.41. The van der Waals surface area contributed by atoms with Gasteiger partial charge in [0.2, 0.25) is 11.0 Å². The standard InChI is InChI=1S/C12H15ClN4O3/c1-7(17-12(13)15-6-14)16-8-4-9(18)11(20-3)10(5-8)19-2/h4-6,16,18H,1H2,2-3H3,(H2,14,15,17). The SMILES string of the molecule is C=C(/N=C(Cl)\N=C/N)Nc1cc(O)c(OC)c(OC)c1. The van der Waals surface area contributed by atoms with Crippen molar-refractivity contribution in [2.75, 3.05) is 19.5 Å². The summed E-state index contributed by atoms with van der Waals surface area (Å²) in [7, 11) is 2.89. The summed E-state index contributed by atoms with van der Waals surface area (Å²) in [5, 5.41) is 12.6. The molecule has 0 unspecified atom stereocenters. The molecule has 0 aliphatic heterocycles. The number of methoxy groups -OCH3 is 2. The maximum Gasteiger partial charge on any atom is 0.225 e. The van der Waals surface area contributed by atoms with Crippen LogP contribution in [0, 0.1) is 0 Å². The number of phenolic OH excluding ortho intramolecular Hbond substituents is 1. The second kappa shape index (κ2) is 7.25. The number of hydrogen-bond acceptors (Lipinski definition) is 5. The lowest BCUT2D eigenvalue weighted by Gasteiger charge is -2.12. The van der Waals surface area contributed by atoms with Crippen LogP contribution in [0.3, 0.4) is 0 Å². The molecule has 1 aromatic rings. The van der Waals surface area contributed by atoms with Crippen molar-refractivity contribution in [1.29, 1.82) is 0 Å². The number of ether oxygens (including phenoxy) is 2. The summed E-state index contributed by atoms with van der Waals surface area (Å²) in [6.07, 6.45) is 1.02. The van der Waals surface area contributed by atoms with Gasteiger partial charge in [0.05, 0.1) is 20.6 Å². The van der Waals surface area contributed by atoms with Crippen LogP contribution in [0.1, 0.15) is 0 Å². The van der Waals surface area contributed by atoms with Crippen molar-refractivity contribution in [2.24, 2.45) is 15.7 Å². The maximum atomic E-state index is 9.81. The van der Waals surface area contributed by atoms with Crippen LogP contribution >= 0.6 is 11.6 Å². The maximum absolute atomic E-state index is 9.81. The second-order valence-electron chi connectivity index (χ2n) is 3.46. The Labute approximate surface area is 121 Å². The third kappa shape index (κ3) is 4.06. The third-order valence-electron chi connectivity index (χ3n) is 2.16. The van der Waals surface area contributed by atoms with E-state index in [0.717, 1.165) is 6.34 Å². The van der Waals surface area contributed by atoms with Crippen molar-refractivity contribution < 1.29 is 14.6 Å². The van der Waals surface area contributed by atoms with Crippen molar-refractivity contribution in [2.45, 2.75) is 0 Å². The number of hydrogen-bond donors (Lipinski definition) is 3. The first-order valence-corrected chi connectivity index (χ1v) is 5.79. The van der Waals surface area contributed by atoms with Crippen LogP contribution in [0.25, 0.3) is 0 Å². The van der Waals surface area contributed by atoms with Gasteiger partial charge >= 0.3 is 0 Å². The Bertz CT molecular complexity index is 558. The molecule has 0 fully saturated rings. The lowest BCUT2D eigenvalue weighted by Crippen LogP contribution is -2.00. The van der Waals surface area contributed by atoms with Crippen molar-refractivity contribution >= 4 is 28.9 Å². The number of nitrogens with two attached hydrogens (primary N) is 1. The zero-order chi connectivity index (χ0) is 15.1. The van der Waals surface area contributed by atoms with E-state index < -0.39 is 0 Å². The van der Waals surface area contributed by atoms with Crippen LogP contribution in [-0.2, 0) is 0 Å². The Kier molecular flexibility index (Phi) is 5.67. The Hall–Kier alpha value is -2.41. The van der Waals surface area contributed by atoms with Gasteiger partial charge in [-0.1, -0.05) is 6.58 Å². The molecule has 1 aromatic carbocycles. The fourth-order valence-electron chi connectivity index (χ4n) is 1.41. The number of phenols is 1. The van der Waals surface area contributed by atoms with Crippen LogP contribution in [0.15, 0.2) is 34.5 Å². The first kappa shape index (κ1) is 15.6. The number of halogens is 1. The zero-order valence-corrected chi connectivity index (χ0v) is 11.8. The molecule has 0 atom stereocenters. The monoisotopic (exact) mass is 298 g/mol. The van der Waals surface area contributed by atoms with Gasteiger partial charge in [0.25, 0.3) is 0 Å². The molecule has 0 aliphatic rings. The summed E-state index contributed by atoms with van der Waals surface area (Å²) in [6, 6.07) is 3.04. The van der Waals surface area contributed by atoms with Gasteiger partial charge < -0.3 is 25.6 Å². The summed E-state index contributed by atoms with van der Waals surface area (Å²) in [4.78, 5) is 7.39. The molecule has 0 aliphatic carbocycles. The van der Waals surface area contributed by atoms with Crippen LogP contribution in [0.5, 0.6) is 17.2 Å². The van der Waals surface area contributed by atoms with E-state index in [1.165, 1.54) is 20.3 Å². The van der Waals surface area contributed by atoms with E-state index in [9.17, 15) is 5.11 Å². The highest BCUT2D eigenvalue weighted by molar-refractivity contribution is 6.65. The predicted molar refractivity (Wildman–Crippen MR) is 79.9 cm³/mol. The summed E-state index contributed by atoms with van der Waals surface area (Å²) < 4.78 is 10.1. The molecule has 0 saturated heterocycles. The van der Waals surface area contributed by atoms with Crippen molar-refractivity contribution in [3.63, 3.8) is 0 Å². The molecule has 7 nitrogen and oxygen atoms in total. The van der Waals surface area contributed by atoms with Gasteiger partial charge in [-0.3, -0.25) is 0 Å². The summed E-state index contributed by atoms with van der Waals surface area (Å²) in [6.45, 7) is 3.65. The average molecular weight is 299 g/mol. The summed E-state index contributed by atoms with van der Waals surface area (Å²) >= 11 is 5.66. The average Bonchev–Trinajstić information content (AvgIpc) is 2.37. The number of nitrogens with one attached hydrogen (secondary N) is 1. The molecule has 0 radical (unpaired) electrons. The third-order valence-corrected chi connectivity index (χ3v) is 2.34. The fraction of sp³-hybridized carbons (Fsp3) is 0.167. The highest BCUT2D eigenvalue weighted by Gasteiger charge is 2.11. The topological polar surface area (TPSA) is 101 Å². The highest BCUT2D eigenvalue weighted by Crippen LogP contribution is 2.39. The molecule has 0 aromatic heterocycles. The fourth-order valence-corrected chi connectivity index (χ4v) is 1.57. The number of anilines is 1. The van der Waals surface area contributed by atoms with E-state index in [4.69, 9.17) is 26.8 Å². The minimum atomic E-state index is -0.0859. The van der Waals surface area contributed by atoms with Gasteiger partial charge in [0.15, 0.2) is 11.5 Å². The minimum absolute atomic E-state index is 0.0744. The number of benzene rings is 1.